The van der Waals surface area contributed by atoms with Crippen LogP contribution in [0, 0.1) is 0 Å². The predicted molar refractivity (Wildman–Crippen MR) is 238 cm³/mol. The molecular weight excluding hydrogens is 1110 g/mol. The van der Waals surface area contributed by atoms with Crippen molar-refractivity contribution < 1.29 is 79.2 Å². The van der Waals surface area contributed by atoms with Crippen molar-refractivity contribution in [2.75, 3.05) is 0 Å². The lowest BCUT2D eigenvalue weighted by atomic mass is 9.95. The second kappa shape index (κ2) is 20.4. The summed E-state index contributed by atoms with van der Waals surface area (Å²) in [5.41, 5.74) is -0.119. The summed E-state index contributed by atoms with van der Waals surface area (Å²) in [6.45, 7) is 0. The maximum absolute atomic E-state index is 12.5. The van der Waals surface area contributed by atoms with E-state index >= 15 is 0 Å². The standard InChI is InChI=1S/C40H34Br4N4O16/c41-29-33-13(1-5-21(49)50)17(9-25(57)58)37(45-33)30(42)34-15(3-7-23(53)54)19(11-27(61)62)39(47-34)32(44)36-16(4-8-24(55)56)20(12-28(63)64)40(48-36)31(43)35-14(2-6-22(51)52)18(10-26(59)60)38(29)46-35/h45-46H,1-12H2,(H,49,50)(H,51,52)(H,53,54)(H,55,56)(H,57,58)(H,59,60)(H,61,62)(H,63,64). The van der Waals surface area contributed by atoms with Gasteiger partial charge in [0.15, 0.2) is 0 Å². The van der Waals surface area contributed by atoms with Gasteiger partial charge in [0, 0.05) is 25.7 Å². The van der Waals surface area contributed by atoms with Crippen molar-refractivity contribution in [2.45, 2.75) is 77.0 Å². The summed E-state index contributed by atoms with van der Waals surface area (Å²) < 4.78 is -0.157. The summed E-state index contributed by atoms with van der Waals surface area (Å²) in [4.78, 5) is 114. The zero-order valence-corrected chi connectivity index (χ0v) is 39.1. The van der Waals surface area contributed by atoms with Crippen molar-refractivity contribution in [1.82, 2.24) is 19.9 Å². The van der Waals surface area contributed by atoms with E-state index in [0.29, 0.717) is 0 Å². The summed E-state index contributed by atoms with van der Waals surface area (Å²) in [6.07, 6.45) is -6.51. The molecule has 8 bridgehead atoms. The normalized spacial score (nSPS) is 12.4. The van der Waals surface area contributed by atoms with Gasteiger partial charge in [-0.25, -0.2) is 9.97 Å². The van der Waals surface area contributed by atoms with Crippen molar-refractivity contribution in [3.05, 3.63) is 62.9 Å². The monoisotopic (exact) mass is 1140 g/mol. The van der Waals surface area contributed by atoms with E-state index in [0.717, 1.165) is 0 Å². The maximum Gasteiger partial charge on any atom is 0.307 e. The molecule has 2 aliphatic rings. The fraction of sp³-hybridized carbons (Fsp3) is 0.300. The first kappa shape index (κ1) is 49.3. The van der Waals surface area contributed by atoms with Crippen molar-refractivity contribution >= 4 is 156 Å². The number of nitrogens with zero attached hydrogens (tertiary/aromatic N) is 2. The lowest BCUT2D eigenvalue weighted by Gasteiger charge is -2.10. The molecule has 5 heterocycles. The van der Waals surface area contributed by atoms with Gasteiger partial charge in [0.25, 0.3) is 0 Å². The van der Waals surface area contributed by atoms with Gasteiger partial charge in [-0.3, -0.25) is 38.4 Å². The number of carbonyl (C=O) groups is 8. The minimum absolute atomic E-state index is 0.00535. The van der Waals surface area contributed by atoms with E-state index in [1.165, 1.54) is 0 Å². The number of H-pyrrole nitrogens is 2. The van der Waals surface area contributed by atoms with Crippen LogP contribution >= 0.6 is 63.7 Å². The quantitative estimate of drug-likeness (QED) is 0.0536. The summed E-state index contributed by atoms with van der Waals surface area (Å²) in [5.74, 6) is -10.6. The Labute approximate surface area is 392 Å². The molecule has 338 valence electrons. The molecule has 0 amide bonds. The van der Waals surface area contributed by atoms with E-state index in [1.54, 1.807) is 0 Å². The molecule has 3 aromatic rings. The first-order chi connectivity index (χ1) is 30.0. The second-order valence-corrected chi connectivity index (χ2v) is 17.5. The van der Waals surface area contributed by atoms with Crippen LogP contribution in [0.15, 0.2) is 17.9 Å². The molecule has 20 nitrogen and oxygen atoms in total. The van der Waals surface area contributed by atoms with Gasteiger partial charge in [-0.15, -0.1) is 0 Å². The van der Waals surface area contributed by atoms with Gasteiger partial charge in [0.2, 0.25) is 0 Å². The fourth-order valence-corrected chi connectivity index (χ4v) is 10.2. The molecule has 24 heteroatoms. The average molecular weight is 1150 g/mol. The lowest BCUT2D eigenvalue weighted by molar-refractivity contribution is -0.138. The van der Waals surface area contributed by atoms with E-state index in [1.807, 2.05) is 0 Å². The van der Waals surface area contributed by atoms with E-state index in [-0.39, 0.29) is 133 Å². The van der Waals surface area contributed by atoms with Crippen LogP contribution in [0.25, 0.3) is 44.4 Å². The number of nitrogens with one attached hydrogen (secondary N) is 2. The highest BCUT2D eigenvalue weighted by Crippen LogP contribution is 2.48. The van der Waals surface area contributed by atoms with E-state index < -0.39 is 99.1 Å². The molecule has 0 saturated carbocycles. The highest BCUT2D eigenvalue weighted by Gasteiger charge is 2.33. The molecule has 0 unspecified atom stereocenters. The van der Waals surface area contributed by atoms with Gasteiger partial charge in [-0.2, -0.15) is 0 Å². The van der Waals surface area contributed by atoms with Crippen LogP contribution in [0.1, 0.15) is 96.4 Å². The Hall–Kier alpha value is -5.72. The smallest absolute Gasteiger partial charge is 0.307 e. The number of hydrogen-bond donors (Lipinski definition) is 10. The van der Waals surface area contributed by atoms with Crippen molar-refractivity contribution in [3.63, 3.8) is 0 Å². The second-order valence-electron chi connectivity index (χ2n) is 14.3. The number of halogens is 4. The molecule has 0 aliphatic carbocycles. The van der Waals surface area contributed by atoms with E-state index in [2.05, 4.69) is 73.7 Å². The number of aryl methyl sites for hydroxylation is 2. The number of hydrogen-bond acceptors (Lipinski definition) is 10. The van der Waals surface area contributed by atoms with Crippen LogP contribution in [-0.4, -0.2) is 109 Å². The first-order valence-corrected chi connectivity index (χ1v) is 21.9. The van der Waals surface area contributed by atoms with Crippen molar-refractivity contribution in [1.29, 1.82) is 0 Å². The minimum atomic E-state index is -1.39. The third kappa shape index (κ3) is 10.8. The SMILES string of the molecule is O=C(O)CCC1=C(CC(=O)O)c2nc1c(Br)c1nc(c(Br)c3[nH]c(c(CCC(=O)O)c3CC(=O)O)c(Br)c3[nH]c(c2Br)c(CCC(=O)O)c3CC(=O)O)C(CCC(=O)O)=C1CC(=O)O. The molecule has 0 aromatic carbocycles. The number of carboxylic acids is 8. The number of aromatic nitrogens is 4. The zero-order valence-electron chi connectivity index (χ0n) is 32.7. The molecule has 64 heavy (non-hydrogen) atoms. The number of rotatable bonds is 20. The van der Waals surface area contributed by atoms with Crippen LogP contribution in [0.3, 0.4) is 0 Å². The molecule has 10 N–H and O–H groups in total. The molecular formula is C40H34Br4N4O16. The fourth-order valence-electron chi connectivity index (χ4n) is 7.56. The van der Waals surface area contributed by atoms with Crippen LogP contribution in [0.2, 0.25) is 0 Å². The van der Waals surface area contributed by atoms with Crippen molar-refractivity contribution in [2.24, 2.45) is 0 Å². The molecule has 0 fully saturated rings. The maximum atomic E-state index is 12.5. The Morgan fingerprint density at radius 2 is 0.625 bits per heavy atom. The Balaban J connectivity index is 2.25. The Kier molecular flexibility index (Phi) is 15.7. The average Bonchev–Trinajstić information content (AvgIpc) is 3.93. The van der Waals surface area contributed by atoms with Crippen molar-refractivity contribution in [3.8, 4) is 0 Å². The Bertz CT molecular complexity index is 2820. The topological polar surface area (TPSA) is 356 Å². The molecule has 2 aliphatic heterocycles. The number of aromatic amines is 2. The lowest BCUT2D eigenvalue weighted by Crippen LogP contribution is -2.05. The Morgan fingerprint density at radius 3 is 0.984 bits per heavy atom. The van der Waals surface area contributed by atoms with Crippen LogP contribution in [-0.2, 0) is 64.0 Å². The van der Waals surface area contributed by atoms with Gasteiger partial charge < -0.3 is 50.8 Å². The molecule has 0 saturated heterocycles. The highest BCUT2D eigenvalue weighted by molar-refractivity contribution is 9.11. The van der Waals surface area contributed by atoms with E-state index in [4.69, 9.17) is 9.97 Å². The third-order valence-electron chi connectivity index (χ3n) is 10.1. The summed E-state index contributed by atoms with van der Waals surface area (Å²) in [7, 11) is 0. The van der Waals surface area contributed by atoms with Gasteiger partial charge in [-0.05, 0) is 134 Å². The minimum Gasteiger partial charge on any atom is -0.481 e. The van der Waals surface area contributed by atoms with E-state index in [9.17, 15) is 79.2 Å². The summed E-state index contributed by atoms with van der Waals surface area (Å²) in [6, 6.07) is 0. The number of carboxylic acid groups (broad SMARTS) is 8. The number of allylic oxidation sites excluding steroid dienone is 2. The summed E-state index contributed by atoms with van der Waals surface area (Å²) >= 11 is 14.1. The van der Waals surface area contributed by atoms with Crippen LogP contribution in [0.4, 0.5) is 0 Å². The molecule has 0 atom stereocenters. The van der Waals surface area contributed by atoms with Gasteiger partial charge in [0.1, 0.15) is 0 Å². The molecule has 3 aromatic heterocycles. The van der Waals surface area contributed by atoms with Crippen LogP contribution in [0.5, 0.6) is 0 Å². The van der Waals surface area contributed by atoms with Gasteiger partial charge >= 0.3 is 47.8 Å². The Morgan fingerprint density at radius 1 is 0.344 bits per heavy atom. The molecule has 0 spiro atoms. The summed E-state index contributed by atoms with van der Waals surface area (Å²) in [5, 5.41) is 80.0. The highest BCUT2D eigenvalue weighted by atomic mass is 79.9. The van der Waals surface area contributed by atoms with Gasteiger partial charge in [0.05, 0.1) is 88.4 Å². The molecule has 0 radical (unpaired) electrons. The van der Waals surface area contributed by atoms with Crippen LogP contribution < -0.4 is 0 Å². The zero-order chi connectivity index (χ0) is 47.5. The number of fused-ring (bicyclic) bond motifs is 8. The third-order valence-corrected chi connectivity index (χ3v) is 13.2. The largest absolute Gasteiger partial charge is 0.481 e. The first-order valence-electron chi connectivity index (χ1n) is 18.7. The number of aliphatic carboxylic acids is 8. The van der Waals surface area contributed by atoms with Gasteiger partial charge in [-0.1, -0.05) is 0 Å². The molecule has 5 rings (SSSR count). The predicted octanol–water partition coefficient (Wildman–Crippen LogP) is 7.15.